The second kappa shape index (κ2) is 29.4. The Morgan fingerprint density at radius 3 is 1.00 bits per heavy atom. The van der Waals surface area contributed by atoms with Gasteiger partial charge < -0.3 is 14.3 Å². The van der Waals surface area contributed by atoms with Gasteiger partial charge in [-0.25, -0.2) is 0 Å². The second-order valence-corrected chi connectivity index (χ2v) is 1.63. The van der Waals surface area contributed by atoms with Gasteiger partial charge in [0.15, 0.2) is 0 Å². The van der Waals surface area contributed by atoms with Crippen molar-refractivity contribution >= 4 is 18.2 Å². The van der Waals surface area contributed by atoms with E-state index >= 15 is 0 Å². The van der Waals surface area contributed by atoms with Gasteiger partial charge in [0.05, 0.1) is 14.2 Å². The van der Waals surface area contributed by atoms with Gasteiger partial charge in [-0.3, -0.25) is 9.59 Å². The SMILES string of the molecule is C.C.CC=O.COC(C)=O.COC(C)=O. The molecule has 0 heterocycles. The lowest BCUT2D eigenvalue weighted by atomic mass is 10.8. The molecule has 15 heavy (non-hydrogen) atoms. The van der Waals surface area contributed by atoms with Crippen LogP contribution in [0.5, 0.6) is 0 Å². The fraction of sp³-hybridized carbons (Fsp3) is 0.700. The molecular weight excluding hydrogens is 200 g/mol. The first-order chi connectivity index (χ1) is 5.95. The highest BCUT2D eigenvalue weighted by Crippen LogP contribution is 1.60. The summed E-state index contributed by atoms with van der Waals surface area (Å²) in [4.78, 5) is 28.0. The Bertz CT molecular complexity index is 129. The third kappa shape index (κ3) is 208. The summed E-state index contributed by atoms with van der Waals surface area (Å²) in [5.41, 5.74) is 0. The summed E-state index contributed by atoms with van der Waals surface area (Å²) < 4.78 is 8.22. The molecule has 0 aliphatic carbocycles. The number of hydrogen-bond acceptors (Lipinski definition) is 5. The Labute approximate surface area is 92.8 Å². The molecule has 0 amide bonds. The summed E-state index contributed by atoms with van der Waals surface area (Å²) in [5, 5.41) is 0. The molecule has 0 aromatic rings. The van der Waals surface area contributed by atoms with Crippen molar-refractivity contribution in [2.45, 2.75) is 35.6 Å². The fourth-order valence-corrected chi connectivity index (χ4v) is 0. The molecule has 0 fully saturated rings. The van der Waals surface area contributed by atoms with Crippen molar-refractivity contribution in [3.8, 4) is 0 Å². The zero-order valence-electron chi connectivity index (χ0n) is 8.62. The van der Waals surface area contributed by atoms with Crippen molar-refractivity contribution in [1.29, 1.82) is 0 Å². The Kier molecular flexibility index (Phi) is 57.1. The van der Waals surface area contributed by atoms with E-state index in [1.54, 1.807) is 0 Å². The quantitative estimate of drug-likeness (QED) is 0.464. The van der Waals surface area contributed by atoms with Crippen LogP contribution in [-0.4, -0.2) is 32.4 Å². The van der Waals surface area contributed by atoms with Crippen LogP contribution in [0.3, 0.4) is 0 Å². The fourth-order valence-electron chi connectivity index (χ4n) is 0. The van der Waals surface area contributed by atoms with Gasteiger partial charge in [0.2, 0.25) is 0 Å². The highest BCUT2D eigenvalue weighted by atomic mass is 16.5. The van der Waals surface area contributed by atoms with Crippen LogP contribution >= 0.6 is 0 Å². The third-order valence-corrected chi connectivity index (χ3v) is 0.575. The average molecular weight is 224 g/mol. The van der Waals surface area contributed by atoms with Gasteiger partial charge in [-0.15, -0.1) is 0 Å². The molecule has 5 heteroatoms. The van der Waals surface area contributed by atoms with Gasteiger partial charge >= 0.3 is 11.9 Å². The first kappa shape index (κ1) is 29.2. The summed E-state index contributed by atoms with van der Waals surface area (Å²) in [6, 6.07) is 0. The monoisotopic (exact) mass is 224 g/mol. The molecule has 0 radical (unpaired) electrons. The lowest BCUT2D eigenvalue weighted by Crippen LogP contribution is -1.88. The van der Waals surface area contributed by atoms with Crippen molar-refractivity contribution in [2.24, 2.45) is 0 Å². The van der Waals surface area contributed by atoms with Gasteiger partial charge in [0, 0.05) is 13.8 Å². The van der Waals surface area contributed by atoms with Crippen molar-refractivity contribution in [1.82, 2.24) is 0 Å². The number of carbonyl (C=O) groups is 3. The van der Waals surface area contributed by atoms with Crippen LogP contribution < -0.4 is 0 Å². The van der Waals surface area contributed by atoms with E-state index in [-0.39, 0.29) is 26.8 Å². The van der Waals surface area contributed by atoms with E-state index in [2.05, 4.69) is 9.47 Å². The van der Waals surface area contributed by atoms with E-state index < -0.39 is 0 Å². The average Bonchev–Trinajstić information content (AvgIpc) is 2.07. The topological polar surface area (TPSA) is 69.7 Å². The van der Waals surface area contributed by atoms with Crippen molar-refractivity contribution in [3.05, 3.63) is 0 Å². The molecular formula is C10H24O5. The Morgan fingerprint density at radius 2 is 1.00 bits per heavy atom. The lowest BCUT2D eigenvalue weighted by Gasteiger charge is -1.80. The number of aldehydes is 1. The molecule has 0 unspecified atom stereocenters. The normalized spacial score (nSPS) is 5.40. The van der Waals surface area contributed by atoms with Crippen molar-refractivity contribution < 1.29 is 23.9 Å². The summed E-state index contributed by atoms with van der Waals surface area (Å²) in [6.45, 7) is 4.17. The Balaban J connectivity index is -0.0000000322. The minimum Gasteiger partial charge on any atom is -0.469 e. The Morgan fingerprint density at radius 1 is 0.933 bits per heavy atom. The van der Waals surface area contributed by atoms with Crippen LogP contribution in [0.4, 0.5) is 0 Å². The number of ether oxygens (including phenoxy) is 2. The largest absolute Gasteiger partial charge is 0.469 e. The van der Waals surface area contributed by atoms with E-state index in [4.69, 9.17) is 4.79 Å². The summed E-state index contributed by atoms with van der Waals surface area (Å²) in [7, 11) is 2.70. The number of carbonyl (C=O) groups excluding carboxylic acids is 3. The predicted molar refractivity (Wildman–Crippen MR) is 60.6 cm³/mol. The zero-order valence-corrected chi connectivity index (χ0v) is 8.62. The summed E-state index contributed by atoms with van der Waals surface area (Å²) in [5.74, 6) is -0.491. The molecule has 0 aromatic heterocycles. The minimum atomic E-state index is -0.245. The van der Waals surface area contributed by atoms with Crippen LogP contribution in [0.25, 0.3) is 0 Å². The van der Waals surface area contributed by atoms with E-state index in [9.17, 15) is 9.59 Å². The molecule has 94 valence electrons. The smallest absolute Gasteiger partial charge is 0.302 e. The highest BCUT2D eigenvalue weighted by Gasteiger charge is 1.76. The summed E-state index contributed by atoms with van der Waals surface area (Å²) in [6.07, 6.45) is 0.750. The van der Waals surface area contributed by atoms with Gasteiger partial charge in [-0.1, -0.05) is 14.9 Å². The molecule has 0 saturated heterocycles. The molecule has 0 N–H and O–H groups in total. The molecule has 0 rings (SSSR count). The Hall–Kier alpha value is -1.39. The van der Waals surface area contributed by atoms with Crippen LogP contribution in [0.15, 0.2) is 0 Å². The molecule has 0 aliphatic rings. The van der Waals surface area contributed by atoms with Crippen LogP contribution in [0.1, 0.15) is 35.6 Å². The zero-order chi connectivity index (χ0) is 11.3. The van der Waals surface area contributed by atoms with Crippen LogP contribution in [0.2, 0.25) is 0 Å². The van der Waals surface area contributed by atoms with E-state index in [0.717, 1.165) is 6.29 Å². The molecule has 0 saturated carbocycles. The molecule has 0 bridgehead atoms. The number of hydrogen-bond donors (Lipinski definition) is 0. The molecule has 5 nitrogen and oxygen atoms in total. The van der Waals surface area contributed by atoms with Crippen LogP contribution in [0, 0.1) is 0 Å². The first-order valence-electron chi connectivity index (χ1n) is 3.45. The van der Waals surface area contributed by atoms with E-state index in [1.807, 2.05) is 0 Å². The van der Waals surface area contributed by atoms with Crippen molar-refractivity contribution in [3.63, 3.8) is 0 Å². The second-order valence-electron chi connectivity index (χ2n) is 1.63. The molecule has 0 spiro atoms. The highest BCUT2D eigenvalue weighted by molar-refractivity contribution is 5.65. The molecule has 0 aliphatic heterocycles. The minimum absolute atomic E-state index is 0. The van der Waals surface area contributed by atoms with Gasteiger partial charge in [-0.05, 0) is 6.92 Å². The van der Waals surface area contributed by atoms with E-state index in [1.165, 1.54) is 35.0 Å². The van der Waals surface area contributed by atoms with Gasteiger partial charge in [-0.2, -0.15) is 0 Å². The third-order valence-electron chi connectivity index (χ3n) is 0.575. The van der Waals surface area contributed by atoms with E-state index in [0.29, 0.717) is 0 Å². The molecule has 0 atom stereocenters. The number of esters is 2. The maximum Gasteiger partial charge on any atom is 0.302 e. The molecule has 0 aromatic carbocycles. The van der Waals surface area contributed by atoms with Gasteiger partial charge in [0.1, 0.15) is 6.29 Å². The number of rotatable bonds is 0. The summed E-state index contributed by atoms with van der Waals surface area (Å²) >= 11 is 0. The van der Waals surface area contributed by atoms with Gasteiger partial charge in [0.25, 0.3) is 0 Å². The number of methoxy groups -OCH3 is 2. The van der Waals surface area contributed by atoms with Crippen molar-refractivity contribution in [2.75, 3.05) is 14.2 Å². The lowest BCUT2D eigenvalue weighted by molar-refractivity contribution is -0.138. The maximum atomic E-state index is 9.59. The maximum absolute atomic E-state index is 9.59. The first-order valence-corrected chi connectivity index (χ1v) is 3.45. The van der Waals surface area contributed by atoms with Crippen LogP contribution in [-0.2, 0) is 23.9 Å². The standard InChI is InChI=1S/2C3H6O2.C2H4O.2CH4/c2*1-3(4)5-2;1-2-3;;/h2*1-2H3;2H,1H3;2*1H4. The predicted octanol–water partition coefficient (Wildman–Crippen LogP) is 1.84.